The number of aromatic nitrogens is 1. The first kappa shape index (κ1) is 28.2. The Kier molecular flexibility index (Phi) is 9.46. The zero-order valence-corrected chi connectivity index (χ0v) is 22.2. The third-order valence-corrected chi connectivity index (χ3v) is 6.42. The summed E-state index contributed by atoms with van der Waals surface area (Å²) in [5.74, 6) is -0.799. The molecule has 0 aliphatic heterocycles. The largest absolute Gasteiger partial charge is 0.497 e. The van der Waals surface area contributed by atoms with E-state index in [1.807, 2.05) is 0 Å². The van der Waals surface area contributed by atoms with Crippen LogP contribution < -0.4 is 35.9 Å². The molecule has 12 nitrogen and oxygen atoms in total. The monoisotopic (exact) mass is 543 g/mol. The quantitative estimate of drug-likeness (QED) is 0.289. The third kappa shape index (κ3) is 5.95. The highest BCUT2D eigenvalue weighted by Crippen LogP contribution is 2.40. The van der Waals surface area contributed by atoms with Crippen molar-refractivity contribution in [3.8, 4) is 17.2 Å². The van der Waals surface area contributed by atoms with Gasteiger partial charge >= 0.3 is 0 Å². The van der Waals surface area contributed by atoms with Gasteiger partial charge in [0.15, 0.2) is 5.69 Å². The predicted molar refractivity (Wildman–Crippen MR) is 142 cm³/mol. The van der Waals surface area contributed by atoms with Gasteiger partial charge in [0, 0.05) is 19.7 Å². The molecule has 0 unspecified atom stereocenters. The number of primary amides is 1. The van der Waals surface area contributed by atoms with Crippen LogP contribution in [0.4, 0.5) is 11.4 Å². The van der Waals surface area contributed by atoms with Crippen LogP contribution in [0.1, 0.15) is 31.8 Å². The van der Waals surface area contributed by atoms with E-state index in [9.17, 15) is 14.4 Å². The maximum absolute atomic E-state index is 14.1. The van der Waals surface area contributed by atoms with E-state index in [4.69, 9.17) is 30.4 Å². The zero-order chi connectivity index (χ0) is 27.8. The average molecular weight is 544 g/mol. The third-order valence-electron chi connectivity index (χ3n) is 5.56. The number of amides is 3. The van der Waals surface area contributed by atoms with E-state index in [1.165, 1.54) is 33.3 Å². The minimum absolute atomic E-state index is 0.0696. The maximum atomic E-state index is 14.1. The predicted octanol–water partition coefficient (Wildman–Crippen LogP) is 2.00. The molecule has 0 aliphatic rings. The zero-order valence-electron chi connectivity index (χ0n) is 21.3. The molecule has 1 aromatic heterocycles. The molecule has 3 aromatic rings. The van der Waals surface area contributed by atoms with Crippen molar-refractivity contribution >= 4 is 40.6 Å². The number of carbonyl (C=O) groups is 3. The SMILES string of the molecule is COCCNC(=O)[C@H](c1ccc(OC)cc1)N(C(=O)c1snc(C(N)=O)c1N)c1ccc(OC)cc1OC. The van der Waals surface area contributed by atoms with Gasteiger partial charge in [0.2, 0.25) is 5.91 Å². The van der Waals surface area contributed by atoms with Gasteiger partial charge in [0.05, 0.1) is 39.3 Å². The number of nitrogens with zero attached hydrogens (tertiary/aromatic N) is 2. The number of nitrogens with one attached hydrogen (secondary N) is 1. The van der Waals surface area contributed by atoms with Crippen molar-refractivity contribution in [1.29, 1.82) is 0 Å². The van der Waals surface area contributed by atoms with Crippen LogP contribution in [0.15, 0.2) is 42.5 Å². The number of carbonyl (C=O) groups excluding carboxylic acids is 3. The highest BCUT2D eigenvalue weighted by molar-refractivity contribution is 7.09. The lowest BCUT2D eigenvalue weighted by Gasteiger charge is -2.32. The number of benzene rings is 2. The van der Waals surface area contributed by atoms with Gasteiger partial charge in [-0.25, -0.2) is 0 Å². The van der Waals surface area contributed by atoms with Crippen molar-refractivity contribution in [3.63, 3.8) is 0 Å². The lowest BCUT2D eigenvalue weighted by Crippen LogP contribution is -2.45. The van der Waals surface area contributed by atoms with Crippen molar-refractivity contribution in [2.75, 3.05) is 52.2 Å². The van der Waals surface area contributed by atoms with E-state index in [0.29, 0.717) is 28.6 Å². The Morgan fingerprint density at radius 1 is 1.00 bits per heavy atom. The standard InChI is InChI=1S/C25H29N5O7S/c1-34-12-11-28-24(32)21(14-5-7-15(35-2)8-6-14)30(17-10-9-16(36-3)13-18(17)37-4)25(33)22-19(26)20(23(27)31)29-38-22/h5-10,13,21H,11-12,26H2,1-4H3,(H2,27,31)(H,28,32)/t21-/m0/s1. The summed E-state index contributed by atoms with van der Waals surface area (Å²) in [5, 5.41) is 2.79. The van der Waals surface area contributed by atoms with Gasteiger partial charge in [-0.1, -0.05) is 12.1 Å². The highest BCUT2D eigenvalue weighted by Gasteiger charge is 2.37. The number of methoxy groups -OCH3 is 4. The van der Waals surface area contributed by atoms with Crippen LogP contribution in [0.25, 0.3) is 0 Å². The molecule has 0 aliphatic carbocycles. The van der Waals surface area contributed by atoms with Crippen LogP contribution in [0.5, 0.6) is 17.2 Å². The normalized spacial score (nSPS) is 11.4. The molecule has 3 amide bonds. The van der Waals surface area contributed by atoms with Crippen LogP contribution in [0, 0.1) is 0 Å². The minimum atomic E-state index is -1.20. The Morgan fingerprint density at radius 2 is 1.66 bits per heavy atom. The van der Waals surface area contributed by atoms with Crippen LogP contribution in [-0.4, -0.2) is 63.7 Å². The summed E-state index contributed by atoms with van der Waals surface area (Å²) >= 11 is 0.704. The number of nitrogens with two attached hydrogens (primary N) is 2. The first-order valence-corrected chi connectivity index (χ1v) is 12.1. The van der Waals surface area contributed by atoms with Gasteiger partial charge in [-0.3, -0.25) is 19.3 Å². The number of hydrogen-bond donors (Lipinski definition) is 3. The molecule has 13 heteroatoms. The number of anilines is 2. The van der Waals surface area contributed by atoms with E-state index >= 15 is 0 Å². The first-order valence-electron chi connectivity index (χ1n) is 11.3. The molecule has 0 saturated carbocycles. The average Bonchev–Trinajstić information content (AvgIpc) is 3.32. The molecular weight excluding hydrogens is 514 g/mol. The molecule has 1 atom stereocenters. The second-order valence-electron chi connectivity index (χ2n) is 7.81. The second-order valence-corrected chi connectivity index (χ2v) is 8.58. The fourth-order valence-corrected chi connectivity index (χ4v) is 4.41. The van der Waals surface area contributed by atoms with E-state index in [2.05, 4.69) is 9.69 Å². The molecule has 0 spiro atoms. The van der Waals surface area contributed by atoms with E-state index in [-0.39, 0.29) is 40.8 Å². The molecule has 3 rings (SSSR count). The second kappa shape index (κ2) is 12.7. The summed E-state index contributed by atoms with van der Waals surface area (Å²) in [4.78, 5) is 40.8. The summed E-state index contributed by atoms with van der Waals surface area (Å²) in [6.45, 7) is 0.447. The van der Waals surface area contributed by atoms with Crippen molar-refractivity contribution in [2.45, 2.75) is 6.04 Å². The summed E-state index contributed by atoms with van der Waals surface area (Å²) in [7, 11) is 5.94. The fraction of sp³-hybridized carbons (Fsp3) is 0.280. The van der Waals surface area contributed by atoms with Crippen LogP contribution in [-0.2, 0) is 9.53 Å². The van der Waals surface area contributed by atoms with Gasteiger partial charge in [0.25, 0.3) is 11.8 Å². The Balaban J connectivity index is 2.26. The molecule has 0 radical (unpaired) electrons. The first-order chi connectivity index (χ1) is 18.3. The maximum Gasteiger partial charge on any atom is 0.273 e. The molecule has 0 bridgehead atoms. The Morgan fingerprint density at radius 3 is 2.21 bits per heavy atom. The minimum Gasteiger partial charge on any atom is -0.497 e. The van der Waals surface area contributed by atoms with Crippen LogP contribution in [0.3, 0.4) is 0 Å². The fourth-order valence-electron chi connectivity index (χ4n) is 3.67. The molecule has 1 heterocycles. The van der Waals surface area contributed by atoms with Crippen LogP contribution >= 0.6 is 11.5 Å². The Labute approximate surface area is 223 Å². The van der Waals surface area contributed by atoms with E-state index < -0.39 is 23.8 Å². The van der Waals surface area contributed by atoms with Gasteiger partial charge < -0.3 is 35.7 Å². The van der Waals surface area contributed by atoms with Crippen molar-refractivity contribution in [2.24, 2.45) is 5.73 Å². The highest BCUT2D eigenvalue weighted by atomic mass is 32.1. The van der Waals surface area contributed by atoms with E-state index in [0.717, 1.165) is 0 Å². The van der Waals surface area contributed by atoms with Crippen molar-refractivity contribution in [3.05, 3.63) is 58.6 Å². The van der Waals surface area contributed by atoms with E-state index in [1.54, 1.807) is 42.5 Å². The lowest BCUT2D eigenvalue weighted by molar-refractivity contribution is -0.122. The molecule has 2 aromatic carbocycles. The van der Waals surface area contributed by atoms with Crippen molar-refractivity contribution in [1.82, 2.24) is 9.69 Å². The smallest absolute Gasteiger partial charge is 0.273 e. The summed E-state index contributed by atoms with van der Waals surface area (Å²) < 4.78 is 25.1. The molecule has 38 heavy (non-hydrogen) atoms. The molecule has 0 saturated heterocycles. The van der Waals surface area contributed by atoms with Crippen LogP contribution in [0.2, 0.25) is 0 Å². The molecule has 202 valence electrons. The van der Waals surface area contributed by atoms with Gasteiger partial charge in [0.1, 0.15) is 28.2 Å². The molecule has 5 N–H and O–H groups in total. The molecule has 0 fully saturated rings. The number of ether oxygens (including phenoxy) is 4. The number of rotatable bonds is 12. The number of nitrogen functional groups attached to an aromatic ring is 1. The Hall–Kier alpha value is -4.36. The molecular formula is C25H29N5O7S. The van der Waals surface area contributed by atoms with Gasteiger partial charge in [-0.15, -0.1) is 0 Å². The summed E-state index contributed by atoms with van der Waals surface area (Å²) in [6, 6.07) is 10.3. The van der Waals surface area contributed by atoms with Crippen molar-refractivity contribution < 1.29 is 33.3 Å². The summed E-state index contributed by atoms with van der Waals surface area (Å²) in [6.07, 6.45) is 0. The topological polar surface area (TPSA) is 168 Å². The summed E-state index contributed by atoms with van der Waals surface area (Å²) in [5.41, 5.74) is 11.8. The Bertz CT molecular complexity index is 1300. The number of hydrogen-bond acceptors (Lipinski definition) is 10. The van der Waals surface area contributed by atoms with Gasteiger partial charge in [-0.05, 0) is 41.4 Å². The van der Waals surface area contributed by atoms with Gasteiger partial charge in [-0.2, -0.15) is 4.37 Å². The lowest BCUT2D eigenvalue weighted by atomic mass is 10.0.